The molecule has 1 heterocycles. The highest BCUT2D eigenvalue weighted by Gasteiger charge is 1.98. The molecule has 0 unspecified atom stereocenters. The minimum Gasteiger partial charge on any atom is -0.490 e. The number of aryl methyl sites for hydroxylation is 1. The summed E-state index contributed by atoms with van der Waals surface area (Å²) in [6.07, 6.45) is 15.9. The molecular formula is C25H34N2O. The lowest BCUT2D eigenvalue weighted by Crippen LogP contribution is -1.99. The summed E-state index contributed by atoms with van der Waals surface area (Å²) in [5, 5.41) is 0. The molecule has 0 amide bonds. The highest BCUT2D eigenvalue weighted by atomic mass is 16.5. The topological polar surface area (TPSA) is 35.0 Å². The SMILES string of the molecule is CCCCCCCCOc1cnc(C#Cc2ccc(CCCCC)cc2)nc1. The maximum absolute atomic E-state index is 5.71. The van der Waals surface area contributed by atoms with Crippen LogP contribution >= 0.6 is 0 Å². The standard InChI is InChI=1S/C25H34N2O/c1-3-5-7-8-9-11-19-28-24-20-26-25(27-21-24)18-17-23-15-13-22(14-16-23)12-10-6-4-2/h13-16,20-21H,3-12,19H2,1-2H3. The van der Waals surface area contributed by atoms with E-state index in [-0.39, 0.29) is 0 Å². The molecule has 0 aliphatic carbocycles. The van der Waals surface area contributed by atoms with Crippen molar-refractivity contribution >= 4 is 0 Å². The maximum atomic E-state index is 5.71. The minimum atomic E-state index is 0.527. The minimum absolute atomic E-state index is 0.527. The molecule has 0 saturated carbocycles. The molecule has 0 spiro atoms. The predicted octanol–water partition coefficient (Wildman–Crippen LogP) is 6.35. The largest absolute Gasteiger partial charge is 0.490 e. The molecule has 0 saturated heterocycles. The Hall–Kier alpha value is -2.34. The fraction of sp³-hybridized carbons (Fsp3) is 0.520. The summed E-state index contributed by atoms with van der Waals surface area (Å²) >= 11 is 0. The van der Waals surface area contributed by atoms with Crippen molar-refractivity contribution in [2.24, 2.45) is 0 Å². The van der Waals surface area contributed by atoms with Crippen molar-refractivity contribution in [2.75, 3.05) is 6.61 Å². The van der Waals surface area contributed by atoms with Crippen LogP contribution in [0.4, 0.5) is 0 Å². The van der Waals surface area contributed by atoms with Crippen molar-refractivity contribution in [2.45, 2.75) is 78.1 Å². The van der Waals surface area contributed by atoms with Gasteiger partial charge in [0.2, 0.25) is 5.82 Å². The Morgan fingerprint density at radius 1 is 0.750 bits per heavy atom. The van der Waals surface area contributed by atoms with E-state index in [4.69, 9.17) is 4.74 Å². The fourth-order valence-electron chi connectivity index (χ4n) is 2.99. The lowest BCUT2D eigenvalue weighted by molar-refractivity contribution is 0.302. The molecule has 0 aliphatic heterocycles. The number of benzene rings is 1. The summed E-state index contributed by atoms with van der Waals surface area (Å²) in [6.45, 7) is 5.20. The van der Waals surface area contributed by atoms with E-state index >= 15 is 0 Å². The number of unbranched alkanes of at least 4 members (excludes halogenated alkanes) is 7. The Bertz CT molecular complexity index is 711. The van der Waals surface area contributed by atoms with E-state index in [1.807, 2.05) is 0 Å². The van der Waals surface area contributed by atoms with Crippen molar-refractivity contribution in [1.82, 2.24) is 9.97 Å². The van der Waals surface area contributed by atoms with Gasteiger partial charge in [0.25, 0.3) is 0 Å². The smallest absolute Gasteiger partial charge is 0.205 e. The maximum Gasteiger partial charge on any atom is 0.205 e. The second kappa shape index (κ2) is 13.8. The van der Waals surface area contributed by atoms with Crippen molar-refractivity contribution in [3.05, 3.63) is 53.6 Å². The third-order valence-corrected chi connectivity index (χ3v) is 4.74. The summed E-state index contributed by atoms with van der Waals surface area (Å²) in [4.78, 5) is 8.58. The van der Waals surface area contributed by atoms with E-state index in [9.17, 15) is 0 Å². The van der Waals surface area contributed by atoms with Crippen LogP contribution in [0.5, 0.6) is 5.75 Å². The molecule has 2 aromatic rings. The summed E-state index contributed by atoms with van der Waals surface area (Å²) in [5.41, 5.74) is 2.37. The van der Waals surface area contributed by atoms with Crippen LogP contribution in [0.1, 0.15) is 88.6 Å². The Labute approximate surface area is 171 Å². The van der Waals surface area contributed by atoms with Crippen LogP contribution in [0.2, 0.25) is 0 Å². The van der Waals surface area contributed by atoms with E-state index in [1.54, 1.807) is 12.4 Å². The average Bonchev–Trinajstić information content (AvgIpc) is 2.73. The second-order valence-electron chi connectivity index (χ2n) is 7.26. The summed E-state index contributed by atoms with van der Waals surface area (Å²) in [6, 6.07) is 8.48. The fourth-order valence-corrected chi connectivity index (χ4v) is 2.99. The van der Waals surface area contributed by atoms with Crippen LogP contribution in [0.25, 0.3) is 0 Å². The van der Waals surface area contributed by atoms with Crippen LogP contribution in [0.15, 0.2) is 36.7 Å². The highest BCUT2D eigenvalue weighted by molar-refractivity contribution is 5.39. The molecule has 0 fully saturated rings. The molecule has 3 nitrogen and oxygen atoms in total. The normalized spacial score (nSPS) is 10.4. The van der Waals surface area contributed by atoms with Gasteiger partial charge in [-0.25, -0.2) is 9.97 Å². The van der Waals surface area contributed by atoms with E-state index in [0.29, 0.717) is 5.82 Å². The lowest BCUT2D eigenvalue weighted by atomic mass is 10.1. The van der Waals surface area contributed by atoms with Gasteiger partial charge in [-0.3, -0.25) is 0 Å². The van der Waals surface area contributed by atoms with Gasteiger partial charge in [0, 0.05) is 5.56 Å². The summed E-state index contributed by atoms with van der Waals surface area (Å²) in [5.74, 6) is 7.41. The molecule has 0 N–H and O–H groups in total. The van der Waals surface area contributed by atoms with Crippen molar-refractivity contribution in [3.63, 3.8) is 0 Å². The van der Waals surface area contributed by atoms with Crippen LogP contribution in [0, 0.1) is 11.8 Å². The molecule has 150 valence electrons. The van der Waals surface area contributed by atoms with E-state index in [2.05, 4.69) is 59.9 Å². The predicted molar refractivity (Wildman–Crippen MR) is 117 cm³/mol. The third-order valence-electron chi connectivity index (χ3n) is 4.74. The van der Waals surface area contributed by atoms with Gasteiger partial charge >= 0.3 is 0 Å². The zero-order valence-corrected chi connectivity index (χ0v) is 17.5. The Morgan fingerprint density at radius 2 is 1.39 bits per heavy atom. The molecule has 0 atom stereocenters. The first-order valence-electron chi connectivity index (χ1n) is 10.9. The number of nitrogens with zero attached hydrogens (tertiary/aromatic N) is 2. The molecule has 0 radical (unpaired) electrons. The molecule has 2 rings (SSSR count). The van der Waals surface area contributed by atoms with Crippen molar-refractivity contribution in [3.8, 4) is 17.6 Å². The molecule has 0 aliphatic rings. The Kier molecular flexibility index (Phi) is 10.8. The van der Waals surface area contributed by atoms with Gasteiger partial charge in [0.05, 0.1) is 19.0 Å². The van der Waals surface area contributed by atoms with Gasteiger partial charge in [-0.2, -0.15) is 0 Å². The number of hydrogen-bond acceptors (Lipinski definition) is 3. The van der Waals surface area contributed by atoms with Gasteiger partial charge in [0.1, 0.15) is 0 Å². The van der Waals surface area contributed by atoms with Gasteiger partial charge in [-0.05, 0) is 42.9 Å². The highest BCUT2D eigenvalue weighted by Crippen LogP contribution is 2.10. The second-order valence-corrected chi connectivity index (χ2v) is 7.26. The monoisotopic (exact) mass is 378 g/mol. The number of rotatable bonds is 12. The molecule has 0 bridgehead atoms. The first kappa shape index (κ1) is 22.0. The quantitative estimate of drug-likeness (QED) is 0.319. The van der Waals surface area contributed by atoms with E-state index < -0.39 is 0 Å². The molecular weight excluding hydrogens is 344 g/mol. The van der Waals surface area contributed by atoms with Crippen LogP contribution in [-0.2, 0) is 6.42 Å². The number of ether oxygens (including phenoxy) is 1. The number of aromatic nitrogens is 2. The average molecular weight is 379 g/mol. The van der Waals surface area contributed by atoms with Gasteiger partial charge in [-0.1, -0.05) is 76.8 Å². The van der Waals surface area contributed by atoms with E-state index in [0.717, 1.165) is 30.8 Å². The molecule has 3 heteroatoms. The third kappa shape index (κ3) is 9.04. The van der Waals surface area contributed by atoms with Gasteiger partial charge in [0.15, 0.2) is 5.75 Å². The van der Waals surface area contributed by atoms with Crippen LogP contribution in [-0.4, -0.2) is 16.6 Å². The Balaban J connectivity index is 1.73. The molecule has 28 heavy (non-hydrogen) atoms. The van der Waals surface area contributed by atoms with Gasteiger partial charge < -0.3 is 4.74 Å². The van der Waals surface area contributed by atoms with Crippen molar-refractivity contribution in [1.29, 1.82) is 0 Å². The Morgan fingerprint density at radius 3 is 2.11 bits per heavy atom. The van der Waals surface area contributed by atoms with E-state index in [1.165, 1.54) is 56.9 Å². The van der Waals surface area contributed by atoms with Crippen molar-refractivity contribution < 1.29 is 4.74 Å². The lowest BCUT2D eigenvalue weighted by Gasteiger charge is -2.05. The van der Waals surface area contributed by atoms with Crippen LogP contribution < -0.4 is 4.74 Å². The molecule has 1 aromatic heterocycles. The van der Waals surface area contributed by atoms with Crippen LogP contribution in [0.3, 0.4) is 0 Å². The number of hydrogen-bond donors (Lipinski definition) is 0. The van der Waals surface area contributed by atoms with Gasteiger partial charge in [-0.15, -0.1) is 0 Å². The zero-order chi connectivity index (χ0) is 19.9. The first-order chi connectivity index (χ1) is 13.8. The first-order valence-corrected chi connectivity index (χ1v) is 10.9. The summed E-state index contributed by atoms with van der Waals surface area (Å²) in [7, 11) is 0. The summed E-state index contributed by atoms with van der Waals surface area (Å²) < 4.78 is 5.71. The zero-order valence-electron chi connectivity index (χ0n) is 17.5. The molecule has 1 aromatic carbocycles.